The number of hydrogen-bond donors (Lipinski definition) is 2. The van der Waals surface area contributed by atoms with Gasteiger partial charge in [-0.05, 0) is 38.0 Å². The maximum atomic E-state index is 12.4. The number of carbonyl (C=O) groups excluding carboxylic acids is 3. The lowest BCUT2D eigenvalue weighted by Crippen LogP contribution is -2.31. The van der Waals surface area contributed by atoms with Gasteiger partial charge in [0.1, 0.15) is 5.00 Å². The molecule has 0 radical (unpaired) electrons. The molecule has 1 aromatic heterocycles. The fourth-order valence-electron chi connectivity index (χ4n) is 2.38. The molecule has 0 atom stereocenters. The van der Waals surface area contributed by atoms with Gasteiger partial charge in [0.2, 0.25) is 5.91 Å². The van der Waals surface area contributed by atoms with Crippen LogP contribution in [-0.2, 0) is 9.53 Å². The Labute approximate surface area is 170 Å². The molecule has 0 aliphatic carbocycles. The van der Waals surface area contributed by atoms with Gasteiger partial charge in [-0.15, -0.1) is 11.3 Å². The predicted octanol–water partition coefficient (Wildman–Crippen LogP) is 3.81. The monoisotopic (exact) mass is 417 g/mol. The number of nitro groups is 1. The van der Waals surface area contributed by atoms with Gasteiger partial charge in [0.05, 0.1) is 17.1 Å². The first-order valence-corrected chi connectivity index (χ1v) is 9.36. The lowest BCUT2D eigenvalue weighted by molar-refractivity contribution is -0.384. The number of anilines is 1. The molecule has 0 aliphatic heterocycles. The van der Waals surface area contributed by atoms with Crippen LogP contribution in [0.5, 0.6) is 0 Å². The molecule has 3 amide bonds. The molecule has 0 saturated carbocycles. The molecule has 0 fully saturated rings. The van der Waals surface area contributed by atoms with Gasteiger partial charge in [0.15, 0.2) is 0 Å². The second-order valence-electron chi connectivity index (χ2n) is 5.84. The summed E-state index contributed by atoms with van der Waals surface area (Å²) in [7, 11) is 0. The zero-order valence-corrected chi connectivity index (χ0v) is 16.8. The summed E-state index contributed by atoms with van der Waals surface area (Å²) in [5.74, 6) is -1.20. The number of nitrogens with zero attached hydrogens (tertiary/aromatic N) is 1. The maximum Gasteiger partial charge on any atom is 0.414 e. The van der Waals surface area contributed by atoms with E-state index in [0.717, 1.165) is 4.88 Å². The second-order valence-corrected chi connectivity index (χ2v) is 7.06. The number of nitro benzene ring substituents is 1. The first-order valence-electron chi connectivity index (χ1n) is 8.54. The number of nitrogens with one attached hydrogen (secondary N) is 2. The van der Waals surface area contributed by atoms with Crippen molar-refractivity contribution in [3.8, 4) is 0 Å². The largest absolute Gasteiger partial charge is 0.450 e. The van der Waals surface area contributed by atoms with E-state index in [4.69, 9.17) is 4.74 Å². The predicted molar refractivity (Wildman–Crippen MR) is 109 cm³/mol. The molecule has 2 N–H and O–H groups in total. The van der Waals surface area contributed by atoms with Gasteiger partial charge in [0, 0.05) is 23.1 Å². The number of rotatable bonds is 6. The van der Waals surface area contributed by atoms with Crippen LogP contribution in [0.2, 0.25) is 0 Å². The van der Waals surface area contributed by atoms with Crippen molar-refractivity contribution in [1.29, 1.82) is 0 Å². The molecule has 10 heteroatoms. The Morgan fingerprint density at radius 1 is 1.28 bits per heavy atom. The molecule has 0 unspecified atom stereocenters. The zero-order valence-electron chi connectivity index (χ0n) is 16.0. The summed E-state index contributed by atoms with van der Waals surface area (Å²) in [5, 5.41) is 15.8. The van der Waals surface area contributed by atoms with Gasteiger partial charge >= 0.3 is 6.09 Å². The van der Waals surface area contributed by atoms with Crippen LogP contribution in [-0.4, -0.2) is 29.4 Å². The van der Waals surface area contributed by atoms with Crippen molar-refractivity contribution in [3.63, 3.8) is 0 Å². The summed E-state index contributed by atoms with van der Waals surface area (Å²) in [6, 6.07) is 5.82. The number of amides is 3. The summed E-state index contributed by atoms with van der Waals surface area (Å²) in [5.41, 5.74) is 1.20. The Balaban J connectivity index is 2.17. The van der Waals surface area contributed by atoms with E-state index >= 15 is 0 Å². The van der Waals surface area contributed by atoms with E-state index in [1.165, 1.54) is 41.7 Å². The molecular weight excluding hydrogens is 398 g/mol. The molecule has 2 aromatic rings. The third-order valence-corrected chi connectivity index (χ3v) is 4.97. The molecule has 29 heavy (non-hydrogen) atoms. The van der Waals surface area contributed by atoms with Crippen LogP contribution in [0.15, 0.2) is 30.3 Å². The molecule has 1 heterocycles. The van der Waals surface area contributed by atoms with Gasteiger partial charge in [-0.3, -0.25) is 25.0 Å². The molecule has 0 aliphatic rings. The van der Waals surface area contributed by atoms with Crippen molar-refractivity contribution in [2.45, 2.75) is 20.8 Å². The summed E-state index contributed by atoms with van der Waals surface area (Å²) >= 11 is 1.20. The van der Waals surface area contributed by atoms with Gasteiger partial charge in [-0.25, -0.2) is 4.79 Å². The highest BCUT2D eigenvalue weighted by Gasteiger charge is 2.22. The van der Waals surface area contributed by atoms with Crippen molar-refractivity contribution in [2.24, 2.45) is 0 Å². The highest BCUT2D eigenvalue weighted by Crippen LogP contribution is 2.32. The van der Waals surface area contributed by atoms with Crippen LogP contribution in [0, 0.1) is 24.0 Å². The van der Waals surface area contributed by atoms with Gasteiger partial charge < -0.3 is 10.1 Å². The smallest absolute Gasteiger partial charge is 0.414 e. The van der Waals surface area contributed by atoms with E-state index in [9.17, 15) is 24.5 Å². The second kappa shape index (κ2) is 9.60. The van der Waals surface area contributed by atoms with Crippen molar-refractivity contribution in [3.05, 3.63) is 62.0 Å². The average Bonchev–Trinajstić information content (AvgIpc) is 2.93. The Morgan fingerprint density at radius 3 is 2.66 bits per heavy atom. The number of carbonyl (C=O) groups is 3. The summed E-state index contributed by atoms with van der Waals surface area (Å²) < 4.78 is 4.70. The molecule has 2 rings (SSSR count). The normalized spacial score (nSPS) is 10.6. The van der Waals surface area contributed by atoms with Crippen LogP contribution in [0.25, 0.3) is 6.08 Å². The van der Waals surface area contributed by atoms with E-state index in [1.807, 2.05) is 0 Å². The quantitative estimate of drug-likeness (QED) is 0.418. The number of thiophene rings is 1. The Morgan fingerprint density at radius 2 is 2.00 bits per heavy atom. The number of non-ortho nitro benzene ring substituents is 1. The van der Waals surface area contributed by atoms with E-state index in [1.54, 1.807) is 26.8 Å². The first-order chi connectivity index (χ1) is 13.7. The molecule has 0 spiro atoms. The van der Waals surface area contributed by atoms with Gasteiger partial charge in [-0.1, -0.05) is 12.1 Å². The summed E-state index contributed by atoms with van der Waals surface area (Å²) in [4.78, 5) is 47.3. The van der Waals surface area contributed by atoms with E-state index in [-0.39, 0.29) is 22.9 Å². The fraction of sp³-hybridized carbons (Fsp3) is 0.211. The first kappa shape index (κ1) is 21.8. The molecule has 0 saturated heterocycles. The van der Waals surface area contributed by atoms with Crippen LogP contribution in [0.1, 0.15) is 33.3 Å². The summed E-state index contributed by atoms with van der Waals surface area (Å²) in [6.07, 6.45) is 1.76. The minimum absolute atomic E-state index is 0.0880. The number of benzene rings is 1. The highest BCUT2D eigenvalue weighted by molar-refractivity contribution is 7.16. The lowest BCUT2D eigenvalue weighted by atomic mass is 10.1. The van der Waals surface area contributed by atoms with E-state index < -0.39 is 22.8 Å². The highest BCUT2D eigenvalue weighted by atomic mass is 32.1. The van der Waals surface area contributed by atoms with Crippen LogP contribution in [0.4, 0.5) is 15.5 Å². The van der Waals surface area contributed by atoms with Crippen molar-refractivity contribution in [2.75, 3.05) is 11.9 Å². The number of imide groups is 1. The maximum absolute atomic E-state index is 12.4. The van der Waals surface area contributed by atoms with Gasteiger partial charge in [0.25, 0.3) is 11.6 Å². The number of alkyl carbamates (subject to hydrolysis) is 1. The van der Waals surface area contributed by atoms with Crippen molar-refractivity contribution >= 4 is 46.0 Å². The molecular formula is C19H19N3O6S. The Kier molecular flexibility index (Phi) is 7.21. The number of hydrogen-bond acceptors (Lipinski definition) is 7. The lowest BCUT2D eigenvalue weighted by Gasteiger charge is -2.07. The van der Waals surface area contributed by atoms with Crippen LogP contribution >= 0.6 is 11.3 Å². The third-order valence-electron chi connectivity index (χ3n) is 3.85. The molecule has 0 bridgehead atoms. The Bertz CT molecular complexity index is 996. The van der Waals surface area contributed by atoms with E-state index in [2.05, 4.69) is 10.6 Å². The molecule has 9 nitrogen and oxygen atoms in total. The molecule has 152 valence electrons. The zero-order chi connectivity index (χ0) is 21.6. The number of aryl methyl sites for hydroxylation is 1. The molecule has 1 aromatic carbocycles. The number of ether oxygens (including phenoxy) is 1. The SMILES string of the molecule is CCOC(=O)NC(=O)c1c(NC(=O)/C=C/c2cccc([N+](=O)[O-])c2)sc(C)c1C. The van der Waals surface area contributed by atoms with Crippen LogP contribution < -0.4 is 10.6 Å². The van der Waals surface area contributed by atoms with Crippen molar-refractivity contribution < 1.29 is 24.0 Å². The minimum atomic E-state index is -0.872. The fourth-order valence-corrected chi connectivity index (χ4v) is 3.44. The third kappa shape index (κ3) is 5.72. The topological polar surface area (TPSA) is 128 Å². The minimum Gasteiger partial charge on any atom is -0.450 e. The van der Waals surface area contributed by atoms with Crippen molar-refractivity contribution in [1.82, 2.24) is 5.32 Å². The summed E-state index contributed by atoms with van der Waals surface area (Å²) in [6.45, 7) is 5.23. The van der Waals surface area contributed by atoms with Gasteiger partial charge in [-0.2, -0.15) is 0 Å². The Hall–Kier alpha value is -3.53. The van der Waals surface area contributed by atoms with Crippen LogP contribution in [0.3, 0.4) is 0 Å². The standard InChI is InChI=1S/C19H19N3O6S/c1-4-28-19(25)21-17(24)16-11(2)12(3)29-18(16)20-15(23)9-8-13-6-5-7-14(10-13)22(26)27/h5-10H,4H2,1-3H3,(H,20,23)(H,21,24,25)/b9-8+. The van der Waals surface area contributed by atoms with E-state index in [0.29, 0.717) is 11.1 Å². The average molecular weight is 417 g/mol.